The molecule has 0 spiro atoms. The number of benzene rings is 6. The van der Waals surface area contributed by atoms with Gasteiger partial charge in [0.15, 0.2) is 0 Å². The maximum absolute atomic E-state index is 10.8. The number of furan rings is 1. The van der Waals surface area contributed by atoms with Crippen LogP contribution < -0.4 is 32.8 Å². The lowest BCUT2D eigenvalue weighted by Gasteiger charge is -2.22. The van der Waals surface area contributed by atoms with Gasteiger partial charge in [-0.25, -0.2) is 0 Å². The highest BCUT2D eigenvalue weighted by molar-refractivity contribution is 6.61. The maximum atomic E-state index is 10.8. The number of phenolic OH excluding ortho intramolecular Hbond substituents is 1. The van der Waals surface area contributed by atoms with Crippen molar-refractivity contribution in [2.45, 2.75) is 13.8 Å². The van der Waals surface area contributed by atoms with E-state index in [4.69, 9.17) is 4.42 Å². The van der Waals surface area contributed by atoms with E-state index >= 15 is 0 Å². The predicted molar refractivity (Wildman–Crippen MR) is 249 cm³/mol. The smallest absolute Gasteiger partial charge is 0.143 e. The third kappa shape index (κ3) is 5.67. The summed E-state index contributed by atoms with van der Waals surface area (Å²) < 4.78 is 6.72. The van der Waals surface area contributed by atoms with Gasteiger partial charge in [0, 0.05) is 10.8 Å². The third-order valence-electron chi connectivity index (χ3n) is 11.5. The van der Waals surface area contributed by atoms with E-state index in [0.29, 0.717) is 5.75 Å². The molecule has 250 valence electrons. The summed E-state index contributed by atoms with van der Waals surface area (Å²) in [6, 6.07) is 26.5. The van der Waals surface area contributed by atoms with Crippen LogP contribution in [0, 0.1) is 5.92 Å². The van der Waals surface area contributed by atoms with Crippen LogP contribution in [0.1, 0.15) is 19.4 Å². The molecule has 1 unspecified atom stereocenters. The highest BCUT2D eigenvalue weighted by Gasteiger charge is 2.23. The van der Waals surface area contributed by atoms with Gasteiger partial charge in [0.2, 0.25) is 0 Å². The summed E-state index contributed by atoms with van der Waals surface area (Å²) >= 11 is 0. The van der Waals surface area contributed by atoms with Crippen molar-refractivity contribution < 1.29 is 9.52 Å². The summed E-state index contributed by atoms with van der Waals surface area (Å²) in [6.07, 6.45) is 13.4. The molecule has 0 radical (unpaired) electrons. The normalized spacial score (nSPS) is 18.2. The van der Waals surface area contributed by atoms with Gasteiger partial charge in [-0.2, -0.15) is 0 Å². The summed E-state index contributed by atoms with van der Waals surface area (Å²) in [7, 11) is 12.7. The van der Waals surface area contributed by atoms with Crippen LogP contribution >= 0.6 is 0 Å². The Bertz CT molecular complexity index is 2760. The predicted octanol–water partition coefficient (Wildman–Crippen LogP) is 2.13. The number of fused-ring (bicyclic) bond motifs is 5. The lowest BCUT2D eigenvalue weighted by Crippen LogP contribution is -2.42. The Morgan fingerprint density at radius 2 is 1.23 bits per heavy atom. The Balaban J connectivity index is 1.45. The van der Waals surface area contributed by atoms with Crippen molar-refractivity contribution in [2.75, 3.05) is 0 Å². The molecule has 0 fully saturated rings. The highest BCUT2D eigenvalue weighted by Crippen LogP contribution is 2.45. The number of rotatable bonds is 3. The fourth-order valence-electron chi connectivity index (χ4n) is 8.69. The quantitative estimate of drug-likeness (QED) is 0.230. The summed E-state index contributed by atoms with van der Waals surface area (Å²) in [6.45, 7) is 8.75. The molecule has 1 N–H and O–H groups in total. The van der Waals surface area contributed by atoms with Gasteiger partial charge in [0.1, 0.15) is 64.0 Å². The molecule has 0 saturated heterocycles. The molecule has 8 heteroatoms. The van der Waals surface area contributed by atoms with E-state index in [1.807, 2.05) is 15.7 Å². The van der Waals surface area contributed by atoms with Gasteiger partial charge < -0.3 is 9.52 Å². The monoisotopic (exact) mass is 678 g/mol. The van der Waals surface area contributed by atoms with E-state index in [9.17, 15) is 5.11 Å². The van der Waals surface area contributed by atoms with E-state index in [0.717, 1.165) is 66.1 Å². The van der Waals surface area contributed by atoms with E-state index < -0.39 is 0 Å². The largest absolute Gasteiger partial charge is 0.509 e. The summed E-state index contributed by atoms with van der Waals surface area (Å²) in [5.74, 6) is 0.618. The Morgan fingerprint density at radius 3 is 1.89 bits per heavy atom. The van der Waals surface area contributed by atoms with E-state index in [1.165, 1.54) is 54.7 Å². The zero-order valence-electron chi connectivity index (χ0n) is 32.0. The van der Waals surface area contributed by atoms with Crippen molar-refractivity contribution in [2.24, 2.45) is 5.92 Å². The molecule has 2 nitrogen and oxygen atoms in total. The fourth-order valence-corrected chi connectivity index (χ4v) is 8.69. The van der Waals surface area contributed by atoms with Gasteiger partial charge >= 0.3 is 0 Å². The van der Waals surface area contributed by atoms with Crippen molar-refractivity contribution >= 4 is 129 Å². The number of aromatic hydroxyl groups is 1. The Morgan fingerprint density at radius 1 is 0.604 bits per heavy atom. The van der Waals surface area contributed by atoms with Gasteiger partial charge in [-0.3, -0.25) is 0 Å². The van der Waals surface area contributed by atoms with Gasteiger partial charge in [-0.1, -0.05) is 143 Å². The van der Waals surface area contributed by atoms with Crippen molar-refractivity contribution in [1.82, 2.24) is 0 Å². The molecule has 1 aromatic heterocycles. The molecule has 0 aliphatic heterocycles. The Labute approximate surface area is 317 Å². The average molecular weight is 678 g/mol. The lowest BCUT2D eigenvalue weighted by atomic mass is 9.65. The van der Waals surface area contributed by atoms with Crippen molar-refractivity contribution in [3.05, 3.63) is 133 Å². The second-order valence-electron chi connectivity index (χ2n) is 15.1. The van der Waals surface area contributed by atoms with Crippen LogP contribution in [0.25, 0.3) is 71.3 Å². The van der Waals surface area contributed by atoms with Crippen LogP contribution in [0.15, 0.2) is 131 Å². The van der Waals surface area contributed by atoms with Gasteiger partial charge in [0.25, 0.3) is 0 Å². The lowest BCUT2D eigenvalue weighted by molar-refractivity contribution is 0.484. The van der Waals surface area contributed by atoms with Crippen LogP contribution in [-0.2, 0) is 0 Å². The number of hydrogen-bond donors (Lipinski definition) is 1. The average Bonchev–Trinajstić information content (AvgIpc) is 3.52. The Kier molecular flexibility index (Phi) is 8.61. The molecular formula is C45H40B6O2. The first-order chi connectivity index (χ1) is 25.4. The fraction of sp³-hybridized carbons (Fsp3) is 0.0667. The van der Waals surface area contributed by atoms with Crippen LogP contribution in [-0.4, -0.2) is 52.2 Å². The summed E-state index contributed by atoms with van der Waals surface area (Å²) in [5, 5.41) is 18.0. The zero-order valence-corrected chi connectivity index (χ0v) is 32.0. The minimum absolute atomic E-state index is 0.237. The molecule has 6 aromatic carbocycles. The molecule has 53 heavy (non-hydrogen) atoms. The molecule has 0 bridgehead atoms. The van der Waals surface area contributed by atoms with Crippen molar-refractivity contribution in [3.63, 3.8) is 0 Å². The van der Waals surface area contributed by atoms with Crippen LogP contribution in [0.3, 0.4) is 0 Å². The number of phenols is 1. The van der Waals surface area contributed by atoms with Crippen molar-refractivity contribution in [1.29, 1.82) is 0 Å². The van der Waals surface area contributed by atoms with Crippen LogP contribution in [0.5, 0.6) is 5.75 Å². The van der Waals surface area contributed by atoms with Gasteiger partial charge in [-0.05, 0) is 91.5 Å². The molecule has 0 amide bonds. The molecular weight excluding hydrogens is 637 g/mol. The van der Waals surface area contributed by atoms with Gasteiger partial charge in [-0.15, -0.1) is 0 Å². The van der Waals surface area contributed by atoms with Gasteiger partial charge in [0.05, 0.1) is 0 Å². The molecule has 1 aliphatic carbocycles. The topological polar surface area (TPSA) is 33.4 Å². The van der Waals surface area contributed by atoms with E-state index in [2.05, 4.69) is 161 Å². The summed E-state index contributed by atoms with van der Waals surface area (Å²) in [5.41, 5.74) is 17.5. The minimum Gasteiger partial charge on any atom is -0.509 e. The van der Waals surface area contributed by atoms with Crippen LogP contribution in [0.4, 0.5) is 0 Å². The first-order valence-electron chi connectivity index (χ1n) is 18.6. The number of allylic oxidation sites excluding steroid dienone is 9. The standard InChI is InChI=1S/C45H40B6O2/c1-22-13-14-23(2)19-24(3)20-25(16-15-22)35-39-29(7-4-10-31(39)46)37(30-8-5-11-32(47)40(30)35)28-9-6-12-33-38(28)27-18-17-26(21-34(27)53-33)36-41(48)43(50)45(52)44(51)42(36)49/h4-21,24,52H,1,46-51H2,2-3H3/b14-13-,16-15-,23-19-,25-20+. The minimum atomic E-state index is 0.237. The SMILES string of the molecule is Bc1c(B)c(-c2ccc3c(c2)oc2cccc(-c4c5cccc(B)c5c(C5=C/C(C)/C=C(C)\C=C/C(=C)/C=C\5)c5c(B)cccc45)c23)c(B)c(B)c1O. The molecule has 1 atom stereocenters. The first kappa shape index (κ1) is 34.6. The first-order valence-corrected chi connectivity index (χ1v) is 18.6. The molecule has 7 aromatic rings. The summed E-state index contributed by atoms with van der Waals surface area (Å²) in [4.78, 5) is 0. The zero-order chi connectivity index (χ0) is 37.3. The second kappa shape index (κ2) is 13.2. The Hall–Kier alpha value is -5.47. The molecule has 1 heterocycles. The van der Waals surface area contributed by atoms with Crippen molar-refractivity contribution in [3.8, 4) is 28.0 Å². The third-order valence-corrected chi connectivity index (χ3v) is 11.5. The van der Waals surface area contributed by atoms with Crippen LogP contribution in [0.2, 0.25) is 0 Å². The maximum Gasteiger partial charge on any atom is 0.143 e. The molecule has 0 saturated carbocycles. The van der Waals surface area contributed by atoms with E-state index in [1.54, 1.807) is 0 Å². The molecule has 8 rings (SSSR count). The second-order valence-corrected chi connectivity index (χ2v) is 15.1. The number of hydrogen-bond acceptors (Lipinski definition) is 2. The molecule has 1 aliphatic rings. The van der Waals surface area contributed by atoms with E-state index in [-0.39, 0.29) is 5.92 Å². The highest BCUT2D eigenvalue weighted by atomic mass is 16.3.